The van der Waals surface area contributed by atoms with Crippen LogP contribution in [0.2, 0.25) is 0 Å². The summed E-state index contributed by atoms with van der Waals surface area (Å²) < 4.78 is 6.89. The van der Waals surface area contributed by atoms with E-state index in [-0.39, 0.29) is 5.91 Å². The average molecular weight is 406 g/mol. The molecule has 4 rings (SSSR count). The molecule has 0 radical (unpaired) electrons. The minimum absolute atomic E-state index is 0.195. The molecule has 156 valence electrons. The van der Waals surface area contributed by atoms with Gasteiger partial charge in [-0.3, -0.25) is 4.79 Å². The standard InChI is InChI=1S/C22H26N6O2/c1-17-11-12-28(25-17)21-9-8-20(23-24-21)26-13-15-27(16-14-26)22(29)10-5-18-3-6-19(30-2)7-4-18/h3-4,6-9,11-12H,5,10,13-16H2,1-2H3. The molecular weight excluding hydrogens is 380 g/mol. The average Bonchev–Trinajstić information content (AvgIpc) is 3.24. The third kappa shape index (κ3) is 4.59. The second-order valence-electron chi connectivity index (χ2n) is 7.37. The van der Waals surface area contributed by atoms with Crippen LogP contribution in [0.4, 0.5) is 5.82 Å². The fraction of sp³-hybridized carbons (Fsp3) is 0.364. The lowest BCUT2D eigenvalue weighted by atomic mass is 10.1. The summed E-state index contributed by atoms with van der Waals surface area (Å²) in [6.07, 6.45) is 3.13. The van der Waals surface area contributed by atoms with E-state index in [1.54, 1.807) is 11.8 Å². The SMILES string of the molecule is COc1ccc(CCC(=O)N2CCN(c3ccc(-n4ccc(C)n4)nn3)CC2)cc1. The van der Waals surface area contributed by atoms with E-state index in [1.807, 2.05) is 60.5 Å². The van der Waals surface area contributed by atoms with Crippen LogP contribution < -0.4 is 9.64 Å². The first-order chi connectivity index (χ1) is 14.6. The summed E-state index contributed by atoms with van der Waals surface area (Å²) in [6, 6.07) is 13.7. The van der Waals surface area contributed by atoms with E-state index >= 15 is 0 Å². The summed E-state index contributed by atoms with van der Waals surface area (Å²) in [6.45, 7) is 4.84. The lowest BCUT2D eigenvalue weighted by molar-refractivity contribution is -0.131. The Labute approximate surface area is 176 Å². The molecule has 0 aliphatic carbocycles. The van der Waals surface area contributed by atoms with Crippen LogP contribution in [0.3, 0.4) is 0 Å². The van der Waals surface area contributed by atoms with Gasteiger partial charge in [0.25, 0.3) is 0 Å². The summed E-state index contributed by atoms with van der Waals surface area (Å²) in [4.78, 5) is 16.7. The predicted molar refractivity (Wildman–Crippen MR) is 114 cm³/mol. The zero-order chi connectivity index (χ0) is 20.9. The molecule has 0 saturated carbocycles. The van der Waals surface area contributed by atoms with Crippen molar-refractivity contribution in [2.45, 2.75) is 19.8 Å². The first-order valence-corrected chi connectivity index (χ1v) is 10.1. The molecule has 0 unspecified atom stereocenters. The van der Waals surface area contributed by atoms with Gasteiger partial charge in [0.05, 0.1) is 12.8 Å². The Bertz CT molecular complexity index is 976. The molecule has 1 aliphatic rings. The van der Waals surface area contributed by atoms with Crippen LogP contribution in [0.25, 0.3) is 5.82 Å². The predicted octanol–water partition coefficient (Wildman–Crippen LogP) is 2.26. The molecular formula is C22H26N6O2. The number of nitrogens with zero attached hydrogens (tertiary/aromatic N) is 6. The molecule has 1 amide bonds. The van der Waals surface area contributed by atoms with Crippen molar-refractivity contribution in [3.8, 4) is 11.6 Å². The van der Waals surface area contributed by atoms with E-state index in [0.29, 0.717) is 25.3 Å². The number of aromatic nitrogens is 4. The minimum atomic E-state index is 0.195. The van der Waals surface area contributed by atoms with Gasteiger partial charge < -0.3 is 14.5 Å². The summed E-state index contributed by atoms with van der Waals surface area (Å²) in [5, 5.41) is 13.0. The minimum Gasteiger partial charge on any atom is -0.497 e. The molecule has 30 heavy (non-hydrogen) atoms. The molecule has 0 bridgehead atoms. The zero-order valence-corrected chi connectivity index (χ0v) is 17.4. The molecule has 8 heteroatoms. The Balaban J connectivity index is 1.27. The van der Waals surface area contributed by atoms with E-state index in [4.69, 9.17) is 4.74 Å². The van der Waals surface area contributed by atoms with Crippen molar-refractivity contribution in [1.82, 2.24) is 24.9 Å². The molecule has 1 fully saturated rings. The second kappa shape index (κ2) is 8.94. The van der Waals surface area contributed by atoms with Gasteiger partial charge in [-0.05, 0) is 49.2 Å². The van der Waals surface area contributed by atoms with Gasteiger partial charge in [-0.25, -0.2) is 4.68 Å². The third-order valence-corrected chi connectivity index (χ3v) is 5.34. The van der Waals surface area contributed by atoms with Crippen LogP contribution in [0, 0.1) is 6.92 Å². The van der Waals surface area contributed by atoms with Gasteiger partial charge in [-0.15, -0.1) is 10.2 Å². The van der Waals surface area contributed by atoms with Crippen molar-refractivity contribution < 1.29 is 9.53 Å². The first-order valence-electron chi connectivity index (χ1n) is 10.1. The third-order valence-electron chi connectivity index (χ3n) is 5.34. The molecule has 0 atom stereocenters. The number of hydrogen-bond donors (Lipinski definition) is 0. The number of anilines is 1. The molecule has 3 heterocycles. The van der Waals surface area contributed by atoms with Gasteiger partial charge in [0.2, 0.25) is 5.91 Å². The molecule has 1 aromatic carbocycles. The molecule has 3 aromatic rings. The van der Waals surface area contributed by atoms with Crippen molar-refractivity contribution in [1.29, 1.82) is 0 Å². The number of aryl methyl sites for hydroxylation is 2. The number of ether oxygens (including phenoxy) is 1. The Hall–Kier alpha value is -3.42. The summed E-state index contributed by atoms with van der Waals surface area (Å²) in [5.41, 5.74) is 2.08. The number of carbonyl (C=O) groups is 1. The van der Waals surface area contributed by atoms with Crippen molar-refractivity contribution in [3.63, 3.8) is 0 Å². The highest BCUT2D eigenvalue weighted by Crippen LogP contribution is 2.16. The summed E-state index contributed by atoms with van der Waals surface area (Å²) in [5.74, 6) is 2.55. The monoisotopic (exact) mass is 406 g/mol. The normalized spacial score (nSPS) is 14.1. The summed E-state index contributed by atoms with van der Waals surface area (Å²) in [7, 11) is 1.65. The number of piperazine rings is 1. The van der Waals surface area contributed by atoms with Gasteiger partial charge >= 0.3 is 0 Å². The maximum absolute atomic E-state index is 12.6. The first kappa shape index (κ1) is 19.9. The Morgan fingerprint density at radius 1 is 0.967 bits per heavy atom. The number of amides is 1. The maximum Gasteiger partial charge on any atom is 0.223 e. The molecule has 8 nitrogen and oxygen atoms in total. The van der Waals surface area contributed by atoms with Gasteiger partial charge in [-0.2, -0.15) is 5.10 Å². The van der Waals surface area contributed by atoms with Gasteiger partial charge in [-0.1, -0.05) is 12.1 Å². The summed E-state index contributed by atoms with van der Waals surface area (Å²) >= 11 is 0. The van der Waals surface area contributed by atoms with E-state index in [0.717, 1.165) is 42.3 Å². The molecule has 0 N–H and O–H groups in total. The number of hydrogen-bond acceptors (Lipinski definition) is 6. The van der Waals surface area contributed by atoms with Crippen molar-refractivity contribution in [2.24, 2.45) is 0 Å². The second-order valence-corrected chi connectivity index (χ2v) is 7.37. The lowest BCUT2D eigenvalue weighted by Crippen LogP contribution is -2.49. The number of methoxy groups -OCH3 is 1. The van der Waals surface area contributed by atoms with E-state index in [2.05, 4.69) is 20.2 Å². The maximum atomic E-state index is 12.6. The Kier molecular flexibility index (Phi) is 5.92. The molecule has 1 aliphatic heterocycles. The van der Waals surface area contributed by atoms with Crippen LogP contribution in [0.15, 0.2) is 48.7 Å². The van der Waals surface area contributed by atoms with Gasteiger partial charge in [0.15, 0.2) is 11.6 Å². The van der Waals surface area contributed by atoms with Crippen LogP contribution >= 0.6 is 0 Å². The van der Waals surface area contributed by atoms with Crippen LogP contribution in [0.1, 0.15) is 17.7 Å². The topological polar surface area (TPSA) is 76.4 Å². The molecule has 0 spiro atoms. The fourth-order valence-electron chi connectivity index (χ4n) is 3.54. The fourth-order valence-corrected chi connectivity index (χ4v) is 3.54. The van der Waals surface area contributed by atoms with E-state index in [9.17, 15) is 4.79 Å². The number of carbonyl (C=O) groups excluding carboxylic acids is 1. The highest BCUT2D eigenvalue weighted by Gasteiger charge is 2.22. The Morgan fingerprint density at radius 3 is 2.27 bits per heavy atom. The van der Waals surface area contributed by atoms with Crippen molar-refractivity contribution in [3.05, 3.63) is 59.9 Å². The number of benzene rings is 1. The van der Waals surface area contributed by atoms with Crippen molar-refractivity contribution in [2.75, 3.05) is 38.2 Å². The van der Waals surface area contributed by atoms with Gasteiger partial charge in [0.1, 0.15) is 5.75 Å². The quantitative estimate of drug-likeness (QED) is 0.625. The largest absolute Gasteiger partial charge is 0.497 e. The van der Waals surface area contributed by atoms with E-state index < -0.39 is 0 Å². The van der Waals surface area contributed by atoms with Crippen LogP contribution in [-0.2, 0) is 11.2 Å². The highest BCUT2D eigenvalue weighted by atomic mass is 16.5. The van der Waals surface area contributed by atoms with Crippen LogP contribution in [0.5, 0.6) is 5.75 Å². The smallest absolute Gasteiger partial charge is 0.223 e. The van der Waals surface area contributed by atoms with Gasteiger partial charge in [0, 0.05) is 38.8 Å². The van der Waals surface area contributed by atoms with Crippen molar-refractivity contribution >= 4 is 11.7 Å². The zero-order valence-electron chi connectivity index (χ0n) is 17.4. The lowest BCUT2D eigenvalue weighted by Gasteiger charge is -2.35. The molecule has 1 saturated heterocycles. The van der Waals surface area contributed by atoms with E-state index in [1.165, 1.54) is 0 Å². The highest BCUT2D eigenvalue weighted by molar-refractivity contribution is 5.76. The van der Waals surface area contributed by atoms with Crippen LogP contribution in [-0.4, -0.2) is 64.1 Å². The Morgan fingerprint density at radius 2 is 1.67 bits per heavy atom. The molecule has 2 aromatic heterocycles. The number of rotatable bonds is 6.